The zero-order valence-corrected chi connectivity index (χ0v) is 26.2. The maximum absolute atomic E-state index is 12.4. The smallest absolute Gasteiger partial charge is 0.387 e. The number of thiol groups is 1. The summed E-state index contributed by atoms with van der Waals surface area (Å²) in [5, 5.41) is 36.2. The van der Waals surface area contributed by atoms with Gasteiger partial charge in [0.15, 0.2) is 17.7 Å². The van der Waals surface area contributed by atoms with Crippen LogP contribution < -0.4 is 16.4 Å². The Balaban J connectivity index is 1.50. The van der Waals surface area contributed by atoms with E-state index in [-0.39, 0.29) is 35.9 Å². The molecule has 0 saturated carbocycles. The molecule has 1 saturated heterocycles. The molecule has 248 valence electrons. The van der Waals surface area contributed by atoms with Crippen molar-refractivity contribution in [2.24, 2.45) is 5.41 Å². The molecule has 1 fully saturated rings. The van der Waals surface area contributed by atoms with Crippen LogP contribution in [0.1, 0.15) is 26.5 Å². The number of carbonyl (C=O) groups excluding carboxylic acids is 2. The summed E-state index contributed by atoms with van der Waals surface area (Å²) in [6, 6.07) is 0. The quantitative estimate of drug-likeness (QED) is 0.0696. The molecule has 9 N–H and O–H groups in total. The van der Waals surface area contributed by atoms with Crippen LogP contribution in [0.5, 0.6) is 0 Å². The van der Waals surface area contributed by atoms with Crippen molar-refractivity contribution in [2.45, 2.75) is 50.9 Å². The van der Waals surface area contributed by atoms with Crippen molar-refractivity contribution in [3.05, 3.63) is 12.7 Å². The predicted molar refractivity (Wildman–Crippen MR) is 153 cm³/mol. The Labute approximate surface area is 255 Å². The Kier molecular flexibility index (Phi) is 12.3. The fourth-order valence-corrected chi connectivity index (χ4v) is 6.22. The number of nitrogens with two attached hydrogens (primary N) is 1. The van der Waals surface area contributed by atoms with Gasteiger partial charge in [-0.05, 0) is 0 Å². The van der Waals surface area contributed by atoms with Crippen LogP contribution >= 0.6 is 28.3 Å². The number of anilines is 1. The van der Waals surface area contributed by atoms with Gasteiger partial charge in [-0.2, -0.15) is 16.9 Å². The highest BCUT2D eigenvalue weighted by Crippen LogP contribution is 2.61. The number of imidazole rings is 1. The van der Waals surface area contributed by atoms with Gasteiger partial charge in [0.05, 0.1) is 19.5 Å². The fourth-order valence-electron chi connectivity index (χ4n) is 3.86. The number of phosphoric acid groups is 2. The highest BCUT2D eigenvalue weighted by Gasteiger charge is 2.46. The van der Waals surface area contributed by atoms with E-state index in [0.29, 0.717) is 12.3 Å². The van der Waals surface area contributed by atoms with E-state index >= 15 is 0 Å². The van der Waals surface area contributed by atoms with Gasteiger partial charge >= 0.3 is 15.6 Å². The van der Waals surface area contributed by atoms with E-state index in [2.05, 4.69) is 42.5 Å². The molecule has 1 aliphatic rings. The number of fused-ring (bicyclic) bond motifs is 1. The van der Waals surface area contributed by atoms with Crippen molar-refractivity contribution in [2.75, 3.05) is 37.8 Å². The molecule has 0 aromatic carbocycles. The van der Waals surface area contributed by atoms with Crippen LogP contribution in [0, 0.1) is 5.41 Å². The summed E-state index contributed by atoms with van der Waals surface area (Å²) in [7, 11) is -10.7. The molecule has 3 heterocycles. The molecule has 1 aliphatic heterocycles. The number of nitrogens with zero attached hydrogens (tertiary/aromatic N) is 4. The van der Waals surface area contributed by atoms with Gasteiger partial charge < -0.3 is 46.2 Å². The van der Waals surface area contributed by atoms with Gasteiger partial charge in [-0.3, -0.25) is 23.2 Å². The predicted octanol–water partition coefficient (Wildman–Crippen LogP) is -1.78. The van der Waals surface area contributed by atoms with Crippen molar-refractivity contribution >= 4 is 57.1 Å². The Hall–Kier alpha value is -2.26. The number of ether oxygens (including phenoxy) is 1. The van der Waals surface area contributed by atoms with Crippen molar-refractivity contribution in [3.63, 3.8) is 0 Å². The van der Waals surface area contributed by atoms with E-state index < -0.39 is 70.8 Å². The highest BCUT2D eigenvalue weighted by molar-refractivity contribution is 7.80. The first kappa shape index (κ1) is 36.2. The monoisotopic (exact) mass is 687 g/mol. The van der Waals surface area contributed by atoms with E-state index in [0.717, 1.165) is 6.33 Å². The van der Waals surface area contributed by atoms with Crippen molar-refractivity contribution in [3.8, 4) is 0 Å². The largest absolute Gasteiger partial charge is 0.481 e. The van der Waals surface area contributed by atoms with Gasteiger partial charge in [0.25, 0.3) is 0 Å². The van der Waals surface area contributed by atoms with Crippen molar-refractivity contribution < 1.29 is 61.9 Å². The lowest BCUT2D eigenvalue weighted by molar-refractivity contribution is -0.137. The lowest BCUT2D eigenvalue weighted by Gasteiger charge is -2.30. The molecule has 0 spiro atoms. The third kappa shape index (κ3) is 9.38. The number of aliphatic hydroxyl groups excluding tert-OH is 3. The second-order valence-electron chi connectivity index (χ2n) is 10.2. The molecule has 23 heteroatoms. The summed E-state index contributed by atoms with van der Waals surface area (Å²) < 4.78 is 45.3. The van der Waals surface area contributed by atoms with Gasteiger partial charge in [-0.25, -0.2) is 24.1 Å². The maximum atomic E-state index is 12.4. The van der Waals surface area contributed by atoms with Crippen LogP contribution in [0.2, 0.25) is 0 Å². The summed E-state index contributed by atoms with van der Waals surface area (Å²) in [5.41, 5.74) is 4.60. The lowest BCUT2D eigenvalue weighted by Crippen LogP contribution is -2.46. The van der Waals surface area contributed by atoms with E-state index in [9.17, 15) is 43.8 Å². The number of amides is 2. The molecule has 2 amide bonds. The molecule has 3 rings (SSSR count). The van der Waals surface area contributed by atoms with Gasteiger partial charge in [-0.15, -0.1) is 0 Å². The van der Waals surface area contributed by atoms with E-state index in [1.54, 1.807) is 0 Å². The number of hydrogen-bond donors (Lipinski definition) is 9. The number of aromatic nitrogens is 4. The molecular weight excluding hydrogens is 652 g/mol. The van der Waals surface area contributed by atoms with Crippen LogP contribution in [-0.2, 0) is 36.8 Å². The third-order valence-electron chi connectivity index (χ3n) is 6.28. The topological polar surface area (TPSA) is 300 Å². The molecule has 0 bridgehead atoms. The first-order chi connectivity index (χ1) is 20.5. The van der Waals surface area contributed by atoms with E-state index in [1.807, 2.05) is 0 Å². The molecule has 20 nitrogen and oxygen atoms in total. The SMILES string of the molecule is CC(C)(COP(=O)(O)OP(=O)(O)OC[C@H]1O[C@@H](n2cnc3c(N)ncnc32)[C@H](O)[C@@H]1O)[C@@H](O)C(=O)NCCC(=O)NCCS. The van der Waals surface area contributed by atoms with Crippen molar-refractivity contribution in [1.82, 2.24) is 30.2 Å². The average Bonchev–Trinajstić information content (AvgIpc) is 3.50. The summed E-state index contributed by atoms with van der Waals surface area (Å²) in [6.07, 6.45) is -5.39. The minimum absolute atomic E-state index is 0.0540. The zero-order valence-electron chi connectivity index (χ0n) is 23.5. The summed E-state index contributed by atoms with van der Waals surface area (Å²) in [5.74, 6) is -0.760. The van der Waals surface area contributed by atoms with Crippen molar-refractivity contribution in [1.29, 1.82) is 0 Å². The minimum atomic E-state index is -5.35. The summed E-state index contributed by atoms with van der Waals surface area (Å²) in [4.78, 5) is 55.7. The fraction of sp³-hybridized carbons (Fsp3) is 0.667. The highest BCUT2D eigenvalue weighted by atomic mass is 32.1. The van der Waals surface area contributed by atoms with Gasteiger partial charge in [0.1, 0.15) is 36.3 Å². The zero-order chi connectivity index (χ0) is 32.9. The molecule has 44 heavy (non-hydrogen) atoms. The Morgan fingerprint density at radius 2 is 1.82 bits per heavy atom. The number of carbonyl (C=O) groups is 2. The molecular formula is C21H35N7O13P2S. The Morgan fingerprint density at radius 3 is 2.50 bits per heavy atom. The molecule has 0 aliphatic carbocycles. The standard InChI is InChI=1S/C21H35N7O13P2S/c1-21(2,16(32)19(33)24-4-3-12(29)23-5-6-44)8-39-43(36,37)41-42(34,35)38-7-11-14(30)15(31)20(40-11)28-10-27-13-17(22)25-9-26-18(13)28/h9-11,14-16,20,30-32,44H,3-8H2,1-2H3,(H,23,29)(H,24,33)(H,34,35)(H,36,37)(H2,22,25,26)/t11-,14-,15-,16+,20-/m1/s1. The van der Waals surface area contributed by atoms with Crippen LogP contribution in [0.15, 0.2) is 12.7 Å². The average molecular weight is 688 g/mol. The van der Waals surface area contributed by atoms with Crippen LogP contribution in [0.3, 0.4) is 0 Å². The third-order valence-corrected chi connectivity index (χ3v) is 9.09. The first-order valence-electron chi connectivity index (χ1n) is 12.9. The number of phosphoric ester groups is 2. The summed E-state index contributed by atoms with van der Waals surface area (Å²) >= 11 is 3.96. The van der Waals surface area contributed by atoms with Gasteiger partial charge in [0.2, 0.25) is 11.8 Å². The lowest BCUT2D eigenvalue weighted by atomic mass is 9.87. The maximum Gasteiger partial charge on any atom is 0.481 e. The Bertz CT molecular complexity index is 1420. The number of hydrogen-bond acceptors (Lipinski definition) is 16. The minimum Gasteiger partial charge on any atom is -0.387 e. The number of nitrogens with one attached hydrogen (secondary N) is 2. The normalized spacial score (nSPS) is 24.0. The van der Waals surface area contributed by atoms with Gasteiger partial charge in [0, 0.05) is 30.7 Å². The number of nitrogen functional groups attached to an aromatic ring is 1. The molecule has 0 radical (unpaired) electrons. The number of rotatable bonds is 16. The molecule has 2 aromatic rings. The van der Waals surface area contributed by atoms with Crippen LogP contribution in [0.4, 0.5) is 5.82 Å². The molecule has 7 atom stereocenters. The Morgan fingerprint density at radius 1 is 1.14 bits per heavy atom. The van der Waals surface area contributed by atoms with Crippen LogP contribution in [0.25, 0.3) is 11.2 Å². The summed E-state index contributed by atoms with van der Waals surface area (Å²) in [6.45, 7) is 1.16. The molecule has 2 unspecified atom stereocenters. The number of aliphatic hydroxyl groups is 3. The van der Waals surface area contributed by atoms with E-state index in [1.165, 1.54) is 24.7 Å². The molecule has 2 aromatic heterocycles. The second kappa shape index (κ2) is 14.9. The van der Waals surface area contributed by atoms with Crippen LogP contribution in [-0.4, -0.2) is 113 Å². The second-order valence-corrected chi connectivity index (χ2v) is 13.7. The van der Waals surface area contributed by atoms with Gasteiger partial charge in [-0.1, -0.05) is 13.8 Å². The first-order valence-corrected chi connectivity index (χ1v) is 16.5. The van der Waals surface area contributed by atoms with E-state index in [4.69, 9.17) is 19.5 Å².